The van der Waals surface area contributed by atoms with Crippen LogP contribution in [0.25, 0.3) is 82.4 Å². The maximum absolute atomic E-state index is 2.40. The van der Waals surface area contributed by atoms with Crippen LogP contribution in [0.3, 0.4) is 0 Å². The van der Waals surface area contributed by atoms with Crippen molar-refractivity contribution in [3.05, 3.63) is 231 Å². The van der Waals surface area contributed by atoms with E-state index in [2.05, 4.69) is 240 Å². The Morgan fingerprint density at radius 2 is 0.776 bits per heavy atom. The lowest BCUT2D eigenvalue weighted by molar-refractivity contribution is 1.17. The first-order valence-corrected chi connectivity index (χ1v) is 19.9. The lowest BCUT2D eigenvalue weighted by Gasteiger charge is -2.28. The van der Waals surface area contributed by atoms with Crippen molar-refractivity contribution in [1.29, 1.82) is 0 Å². The monoisotopic (exact) mass is 738 g/mol. The molecule has 10 aromatic carbocycles. The molecule has 0 bridgehead atoms. The maximum Gasteiger partial charge on any atom is 0.0541 e. The van der Waals surface area contributed by atoms with E-state index in [9.17, 15) is 0 Å². The number of fused-ring (bicyclic) bond motifs is 5. The second kappa shape index (κ2) is 14.1. The molecular formula is C56H38N2. The predicted molar refractivity (Wildman–Crippen MR) is 247 cm³/mol. The quantitative estimate of drug-likeness (QED) is 0.158. The Balaban J connectivity index is 1.01. The fraction of sp³-hybridized carbons (Fsp3) is 0. The first kappa shape index (κ1) is 33.6. The van der Waals surface area contributed by atoms with Crippen molar-refractivity contribution >= 4 is 60.4 Å². The molecule has 0 unspecified atom stereocenters. The van der Waals surface area contributed by atoms with Crippen molar-refractivity contribution in [2.24, 2.45) is 0 Å². The molecule has 0 fully saturated rings. The van der Waals surface area contributed by atoms with Crippen molar-refractivity contribution in [3.8, 4) is 39.1 Å². The molecule has 272 valence electrons. The number of rotatable bonds is 7. The minimum Gasteiger partial charge on any atom is -0.310 e. The summed E-state index contributed by atoms with van der Waals surface area (Å²) in [4.78, 5) is 2.40. The van der Waals surface area contributed by atoms with Crippen LogP contribution in [0.4, 0.5) is 17.1 Å². The number of benzene rings is 10. The van der Waals surface area contributed by atoms with Gasteiger partial charge >= 0.3 is 0 Å². The Hall–Kier alpha value is -7.68. The average molecular weight is 739 g/mol. The van der Waals surface area contributed by atoms with Crippen LogP contribution < -0.4 is 4.90 Å². The Kier molecular flexibility index (Phi) is 8.19. The summed E-state index contributed by atoms with van der Waals surface area (Å²) < 4.78 is 2.38. The average Bonchev–Trinajstić information content (AvgIpc) is 3.64. The van der Waals surface area contributed by atoms with Crippen molar-refractivity contribution in [1.82, 2.24) is 4.57 Å². The van der Waals surface area contributed by atoms with E-state index in [0.717, 1.165) is 22.7 Å². The highest BCUT2D eigenvalue weighted by Crippen LogP contribution is 2.43. The van der Waals surface area contributed by atoms with E-state index in [-0.39, 0.29) is 0 Å². The van der Waals surface area contributed by atoms with Crippen molar-refractivity contribution in [2.75, 3.05) is 4.90 Å². The number of hydrogen-bond donors (Lipinski definition) is 0. The Bertz CT molecular complexity index is 3200. The summed E-state index contributed by atoms with van der Waals surface area (Å²) >= 11 is 0. The summed E-state index contributed by atoms with van der Waals surface area (Å²) in [6.07, 6.45) is 0. The summed E-state index contributed by atoms with van der Waals surface area (Å²) in [7, 11) is 0. The molecule has 0 aliphatic heterocycles. The standard InChI is InChI=1S/C56H38N2/c1-2-14-44-38-45(29-26-39(44)12-1)51-17-5-8-21-54(51)57(47-34-36-48(37-35-47)58-55-22-9-6-18-52(55)53-19-7-10-23-56(53)58)46-32-30-41(31-33-46)40-24-27-43(28-25-40)50-20-11-15-42-13-3-4-16-49(42)50/h1-38H. The number of aromatic nitrogens is 1. The van der Waals surface area contributed by atoms with Crippen molar-refractivity contribution in [2.45, 2.75) is 0 Å². The van der Waals surface area contributed by atoms with Crippen LogP contribution in [0.2, 0.25) is 0 Å². The van der Waals surface area contributed by atoms with Crippen LogP contribution in [-0.2, 0) is 0 Å². The Morgan fingerprint density at radius 3 is 1.48 bits per heavy atom. The number of para-hydroxylation sites is 3. The third-order valence-electron chi connectivity index (χ3n) is 11.6. The lowest BCUT2D eigenvalue weighted by Crippen LogP contribution is -2.11. The molecule has 2 nitrogen and oxygen atoms in total. The van der Waals surface area contributed by atoms with Gasteiger partial charge in [-0.05, 0) is 110 Å². The molecule has 58 heavy (non-hydrogen) atoms. The Labute approximate surface area is 338 Å². The molecule has 0 amide bonds. The second-order valence-electron chi connectivity index (χ2n) is 15.0. The van der Waals surface area contributed by atoms with Gasteiger partial charge in [0.15, 0.2) is 0 Å². The second-order valence-corrected chi connectivity index (χ2v) is 15.0. The zero-order valence-electron chi connectivity index (χ0n) is 31.8. The third-order valence-corrected chi connectivity index (χ3v) is 11.6. The van der Waals surface area contributed by atoms with Crippen LogP contribution in [0.1, 0.15) is 0 Å². The van der Waals surface area contributed by atoms with Crippen LogP contribution in [0.15, 0.2) is 231 Å². The summed E-state index contributed by atoms with van der Waals surface area (Å²) in [6.45, 7) is 0. The number of anilines is 3. The smallest absolute Gasteiger partial charge is 0.0541 e. The number of nitrogens with zero attached hydrogens (tertiary/aromatic N) is 2. The van der Waals surface area contributed by atoms with Crippen LogP contribution in [0.5, 0.6) is 0 Å². The molecule has 0 N–H and O–H groups in total. The Morgan fingerprint density at radius 1 is 0.293 bits per heavy atom. The van der Waals surface area contributed by atoms with E-state index in [1.54, 1.807) is 0 Å². The summed E-state index contributed by atoms with van der Waals surface area (Å²) in [6, 6.07) is 83.7. The highest BCUT2D eigenvalue weighted by molar-refractivity contribution is 6.09. The summed E-state index contributed by atoms with van der Waals surface area (Å²) in [5, 5.41) is 7.52. The SMILES string of the molecule is c1ccc(N(c2ccc(-c3ccc(-c4cccc5ccccc45)cc3)cc2)c2ccc(-n3c4ccccc4c4ccccc43)cc2)c(-c2ccc3ccccc3c2)c1. The van der Waals surface area contributed by atoms with Gasteiger partial charge in [-0.1, -0.05) is 170 Å². The topological polar surface area (TPSA) is 8.17 Å². The minimum atomic E-state index is 1.09. The zero-order valence-corrected chi connectivity index (χ0v) is 31.8. The minimum absolute atomic E-state index is 1.09. The van der Waals surface area contributed by atoms with E-state index in [4.69, 9.17) is 0 Å². The molecule has 0 aliphatic carbocycles. The van der Waals surface area contributed by atoms with Gasteiger partial charge < -0.3 is 9.47 Å². The summed E-state index contributed by atoms with van der Waals surface area (Å²) in [5.41, 5.74) is 14.0. The fourth-order valence-corrected chi connectivity index (χ4v) is 8.77. The van der Waals surface area contributed by atoms with Crippen molar-refractivity contribution in [3.63, 3.8) is 0 Å². The molecule has 11 aromatic rings. The van der Waals surface area contributed by atoms with Gasteiger partial charge in [-0.2, -0.15) is 0 Å². The van der Waals surface area contributed by atoms with Crippen LogP contribution in [-0.4, -0.2) is 4.57 Å². The van der Waals surface area contributed by atoms with Gasteiger partial charge in [0, 0.05) is 33.4 Å². The van der Waals surface area contributed by atoms with Crippen LogP contribution in [0, 0.1) is 0 Å². The van der Waals surface area contributed by atoms with E-state index < -0.39 is 0 Å². The van der Waals surface area contributed by atoms with Gasteiger partial charge in [-0.15, -0.1) is 0 Å². The fourth-order valence-electron chi connectivity index (χ4n) is 8.77. The molecule has 11 rings (SSSR count). The third kappa shape index (κ3) is 5.82. The number of hydrogen-bond acceptors (Lipinski definition) is 1. The van der Waals surface area contributed by atoms with Gasteiger partial charge in [0.2, 0.25) is 0 Å². The first-order valence-electron chi connectivity index (χ1n) is 19.9. The van der Waals surface area contributed by atoms with E-state index >= 15 is 0 Å². The van der Waals surface area contributed by atoms with E-state index in [0.29, 0.717) is 0 Å². The normalized spacial score (nSPS) is 11.4. The van der Waals surface area contributed by atoms with Gasteiger partial charge in [-0.25, -0.2) is 0 Å². The summed E-state index contributed by atoms with van der Waals surface area (Å²) in [5.74, 6) is 0. The molecule has 0 atom stereocenters. The first-order chi connectivity index (χ1) is 28.8. The molecule has 0 radical (unpaired) electrons. The molecule has 0 saturated carbocycles. The van der Waals surface area contributed by atoms with Crippen LogP contribution >= 0.6 is 0 Å². The molecule has 2 heteroatoms. The largest absolute Gasteiger partial charge is 0.310 e. The molecule has 1 heterocycles. The van der Waals surface area contributed by atoms with Gasteiger partial charge in [0.25, 0.3) is 0 Å². The highest BCUT2D eigenvalue weighted by atomic mass is 15.1. The lowest BCUT2D eigenvalue weighted by atomic mass is 9.96. The molecule has 0 aliphatic rings. The molecule has 1 aromatic heterocycles. The predicted octanol–water partition coefficient (Wildman–Crippen LogP) is 15.6. The van der Waals surface area contributed by atoms with Crippen molar-refractivity contribution < 1.29 is 0 Å². The molecular weight excluding hydrogens is 701 g/mol. The van der Waals surface area contributed by atoms with E-state index in [1.807, 2.05) is 0 Å². The maximum atomic E-state index is 2.40. The highest BCUT2D eigenvalue weighted by Gasteiger charge is 2.19. The van der Waals surface area contributed by atoms with Gasteiger partial charge in [0.05, 0.1) is 16.7 Å². The van der Waals surface area contributed by atoms with E-state index in [1.165, 1.54) is 76.7 Å². The zero-order chi connectivity index (χ0) is 38.4. The molecule has 0 saturated heterocycles. The van der Waals surface area contributed by atoms with Gasteiger partial charge in [0.1, 0.15) is 0 Å². The van der Waals surface area contributed by atoms with Gasteiger partial charge in [-0.3, -0.25) is 0 Å². The molecule has 0 spiro atoms.